The highest BCUT2D eigenvalue weighted by Gasteiger charge is 2.31. The van der Waals surface area contributed by atoms with Crippen LogP contribution in [-0.2, 0) is 19.1 Å². The van der Waals surface area contributed by atoms with Gasteiger partial charge in [0.2, 0.25) is 0 Å². The standard InChI is InChI=1S/C22H28Br2O8S4/c1-21(27,11-31-17(25)19-33-3-4-34-19)9-29-15-8-16(14(24)7-13(15)23)30-10-22(2,28)12-32-18(26)20-35-5-6-36-20/h7-8,19-20,27-28H,3-6,9-12H2,1-2H3. The molecule has 0 aromatic heterocycles. The van der Waals surface area contributed by atoms with Crippen LogP contribution in [0.4, 0.5) is 0 Å². The van der Waals surface area contributed by atoms with Gasteiger partial charge >= 0.3 is 11.9 Å². The number of thioether (sulfide) groups is 4. The van der Waals surface area contributed by atoms with Crippen LogP contribution in [0.5, 0.6) is 11.5 Å². The minimum Gasteiger partial charge on any atom is -0.489 e. The van der Waals surface area contributed by atoms with Gasteiger partial charge in [-0.3, -0.25) is 0 Å². The highest BCUT2D eigenvalue weighted by atomic mass is 79.9. The number of ether oxygens (including phenoxy) is 4. The molecule has 14 heteroatoms. The third-order valence-electron chi connectivity index (χ3n) is 4.74. The number of hydrogen-bond donors (Lipinski definition) is 2. The summed E-state index contributed by atoms with van der Waals surface area (Å²) in [6.07, 6.45) is 0. The molecule has 8 nitrogen and oxygen atoms in total. The molecule has 2 aliphatic heterocycles. The summed E-state index contributed by atoms with van der Waals surface area (Å²) in [5, 5.41) is 21.3. The lowest BCUT2D eigenvalue weighted by atomic mass is 10.1. The quantitative estimate of drug-likeness (QED) is 0.304. The number of benzene rings is 1. The van der Waals surface area contributed by atoms with Crippen molar-refractivity contribution in [1.82, 2.24) is 0 Å². The van der Waals surface area contributed by atoms with Crippen molar-refractivity contribution in [2.24, 2.45) is 0 Å². The van der Waals surface area contributed by atoms with Crippen molar-refractivity contribution in [3.05, 3.63) is 21.1 Å². The third kappa shape index (κ3) is 9.65. The summed E-state index contributed by atoms with van der Waals surface area (Å²) in [4.78, 5) is 24.2. The fourth-order valence-corrected chi connectivity index (χ4v) is 9.22. The van der Waals surface area contributed by atoms with Crippen molar-refractivity contribution in [3.63, 3.8) is 0 Å². The van der Waals surface area contributed by atoms with Crippen molar-refractivity contribution in [1.29, 1.82) is 0 Å². The number of hydrogen-bond acceptors (Lipinski definition) is 12. The lowest BCUT2D eigenvalue weighted by Gasteiger charge is -2.25. The van der Waals surface area contributed by atoms with Gasteiger partial charge < -0.3 is 29.2 Å². The Bertz CT molecular complexity index is 852. The zero-order chi connectivity index (χ0) is 26.3. The summed E-state index contributed by atoms with van der Waals surface area (Å²) in [7, 11) is 0. The second-order valence-electron chi connectivity index (χ2n) is 8.65. The van der Waals surface area contributed by atoms with Gasteiger partial charge in [0.1, 0.15) is 58.3 Å². The first kappa shape index (κ1) is 30.6. The summed E-state index contributed by atoms with van der Waals surface area (Å²) in [6, 6.07) is 3.33. The molecule has 0 amide bonds. The predicted molar refractivity (Wildman–Crippen MR) is 153 cm³/mol. The molecule has 202 valence electrons. The summed E-state index contributed by atoms with van der Waals surface area (Å²) < 4.78 is 22.9. The summed E-state index contributed by atoms with van der Waals surface area (Å²) in [5.41, 5.74) is -2.80. The normalized spacial score (nSPS) is 19.9. The van der Waals surface area contributed by atoms with Crippen LogP contribution in [0.1, 0.15) is 13.8 Å². The topological polar surface area (TPSA) is 112 Å². The first-order valence-corrected chi connectivity index (χ1v) is 16.7. The van der Waals surface area contributed by atoms with E-state index in [9.17, 15) is 19.8 Å². The Morgan fingerprint density at radius 1 is 0.778 bits per heavy atom. The molecule has 2 unspecified atom stereocenters. The molecule has 0 spiro atoms. The maximum absolute atomic E-state index is 12.1. The Labute approximate surface area is 244 Å². The zero-order valence-corrected chi connectivity index (χ0v) is 26.1. The minimum atomic E-state index is -1.40. The lowest BCUT2D eigenvalue weighted by Crippen LogP contribution is -2.39. The fraction of sp³-hybridized carbons (Fsp3) is 0.636. The number of aliphatic hydroxyl groups is 2. The lowest BCUT2D eigenvalue weighted by molar-refractivity contribution is -0.150. The maximum Gasteiger partial charge on any atom is 0.329 e. The molecule has 36 heavy (non-hydrogen) atoms. The Morgan fingerprint density at radius 2 is 1.14 bits per heavy atom. The number of carbonyl (C=O) groups excluding carboxylic acids is 2. The van der Waals surface area contributed by atoms with Crippen LogP contribution in [0.3, 0.4) is 0 Å². The van der Waals surface area contributed by atoms with Gasteiger partial charge in [0.25, 0.3) is 0 Å². The van der Waals surface area contributed by atoms with Gasteiger partial charge in [0, 0.05) is 29.1 Å². The average molecular weight is 709 g/mol. The average Bonchev–Trinajstić information content (AvgIpc) is 3.55. The van der Waals surface area contributed by atoms with Crippen molar-refractivity contribution in [3.8, 4) is 11.5 Å². The van der Waals surface area contributed by atoms with E-state index in [-0.39, 0.29) is 47.5 Å². The summed E-state index contributed by atoms with van der Waals surface area (Å²) >= 11 is 13.0. The molecule has 2 atom stereocenters. The van der Waals surface area contributed by atoms with E-state index in [1.54, 1.807) is 12.1 Å². The Balaban J connectivity index is 1.50. The number of esters is 2. The van der Waals surface area contributed by atoms with Gasteiger partial charge in [-0.15, -0.1) is 47.0 Å². The Morgan fingerprint density at radius 3 is 1.50 bits per heavy atom. The van der Waals surface area contributed by atoms with E-state index in [0.717, 1.165) is 23.0 Å². The Kier molecular flexibility index (Phi) is 11.8. The van der Waals surface area contributed by atoms with E-state index in [4.69, 9.17) is 18.9 Å². The van der Waals surface area contributed by atoms with E-state index in [2.05, 4.69) is 31.9 Å². The van der Waals surface area contributed by atoms with Gasteiger partial charge in [0.05, 0.1) is 8.95 Å². The van der Waals surface area contributed by atoms with Crippen molar-refractivity contribution in [2.45, 2.75) is 34.2 Å². The van der Waals surface area contributed by atoms with Crippen LogP contribution in [0.15, 0.2) is 21.1 Å². The van der Waals surface area contributed by atoms with E-state index in [1.807, 2.05) is 0 Å². The smallest absolute Gasteiger partial charge is 0.329 e. The second-order valence-corrected chi connectivity index (χ2v) is 15.8. The summed E-state index contributed by atoms with van der Waals surface area (Å²) in [5.74, 6) is 3.72. The molecule has 2 fully saturated rings. The van der Waals surface area contributed by atoms with Crippen molar-refractivity contribution >= 4 is 90.8 Å². The monoisotopic (exact) mass is 706 g/mol. The van der Waals surface area contributed by atoms with Crippen molar-refractivity contribution < 1.29 is 38.7 Å². The van der Waals surface area contributed by atoms with Crippen LogP contribution in [0.25, 0.3) is 0 Å². The van der Waals surface area contributed by atoms with Crippen LogP contribution in [0, 0.1) is 0 Å². The largest absolute Gasteiger partial charge is 0.489 e. The van der Waals surface area contributed by atoms with Gasteiger partial charge in [0.15, 0.2) is 0 Å². The van der Waals surface area contributed by atoms with E-state index < -0.39 is 11.2 Å². The maximum atomic E-state index is 12.1. The van der Waals surface area contributed by atoms with Gasteiger partial charge in [-0.05, 0) is 51.8 Å². The molecule has 0 saturated carbocycles. The van der Waals surface area contributed by atoms with E-state index in [0.29, 0.717) is 20.4 Å². The molecule has 2 aliphatic rings. The number of rotatable bonds is 12. The number of carbonyl (C=O) groups is 2. The molecule has 2 saturated heterocycles. The molecule has 0 aliphatic carbocycles. The molecule has 1 aromatic carbocycles. The molecule has 2 N–H and O–H groups in total. The first-order valence-electron chi connectivity index (χ1n) is 10.9. The molecule has 0 bridgehead atoms. The highest BCUT2D eigenvalue weighted by Crippen LogP contribution is 2.37. The van der Waals surface area contributed by atoms with E-state index in [1.165, 1.54) is 60.9 Å². The second kappa shape index (κ2) is 13.9. The van der Waals surface area contributed by atoms with Crippen molar-refractivity contribution in [2.75, 3.05) is 49.4 Å². The zero-order valence-electron chi connectivity index (χ0n) is 19.7. The highest BCUT2D eigenvalue weighted by molar-refractivity contribution is 9.11. The predicted octanol–water partition coefficient (Wildman–Crippen LogP) is 4.17. The Hall–Kier alpha value is 0.0400. The van der Waals surface area contributed by atoms with Crippen LogP contribution >= 0.6 is 78.9 Å². The fourth-order valence-electron chi connectivity index (χ4n) is 2.86. The molecular formula is C22H28Br2O8S4. The van der Waals surface area contributed by atoms with Gasteiger partial charge in [-0.1, -0.05) is 0 Å². The molecule has 3 rings (SSSR count). The summed E-state index contributed by atoms with van der Waals surface area (Å²) in [6.45, 7) is 2.41. The molecule has 1 aromatic rings. The van der Waals surface area contributed by atoms with Crippen LogP contribution in [-0.4, -0.2) is 92.0 Å². The van der Waals surface area contributed by atoms with E-state index >= 15 is 0 Å². The SMILES string of the molecule is CC(O)(COC(=O)C1SCCS1)COc1cc(OCC(C)(O)COC(=O)C2SCCS2)c(Br)cc1Br. The third-order valence-corrected chi connectivity index (χ3v) is 11.9. The number of halogens is 2. The molecule has 2 heterocycles. The van der Waals surface area contributed by atoms with Crippen LogP contribution < -0.4 is 9.47 Å². The first-order chi connectivity index (χ1) is 17.0. The molecular weight excluding hydrogens is 680 g/mol. The molecule has 0 radical (unpaired) electrons. The van der Waals surface area contributed by atoms with Gasteiger partial charge in [-0.25, -0.2) is 9.59 Å². The minimum absolute atomic E-state index is 0.129. The van der Waals surface area contributed by atoms with Crippen LogP contribution in [0.2, 0.25) is 0 Å². The van der Waals surface area contributed by atoms with Gasteiger partial charge in [-0.2, -0.15) is 0 Å².